The van der Waals surface area contributed by atoms with Gasteiger partial charge >= 0.3 is 0 Å². The van der Waals surface area contributed by atoms with E-state index in [1.165, 1.54) is 37.5 Å². The van der Waals surface area contributed by atoms with Crippen molar-refractivity contribution < 1.29 is 46.9 Å². The molecule has 0 aliphatic carbocycles. The van der Waals surface area contributed by atoms with Crippen LogP contribution in [0.2, 0.25) is 0 Å². The monoisotopic (exact) mass is 596 g/mol. The summed E-state index contributed by atoms with van der Waals surface area (Å²) >= 11 is 0. The van der Waals surface area contributed by atoms with Crippen LogP contribution in [0.1, 0.15) is 95.6 Å². The summed E-state index contributed by atoms with van der Waals surface area (Å²) in [7, 11) is 0. The maximum atomic E-state index is 9.26. The molecule has 3 unspecified atom stereocenters. The summed E-state index contributed by atoms with van der Waals surface area (Å²) in [6.07, 6.45) is 0.333. The van der Waals surface area contributed by atoms with Crippen molar-refractivity contribution >= 4 is 35.0 Å². The van der Waals surface area contributed by atoms with E-state index in [1.54, 1.807) is 0 Å². The third-order valence-corrected chi connectivity index (χ3v) is 6.03. The van der Waals surface area contributed by atoms with Gasteiger partial charge in [-0.3, -0.25) is 0 Å². The van der Waals surface area contributed by atoms with Crippen molar-refractivity contribution in [3.05, 3.63) is 89.5 Å². The summed E-state index contributed by atoms with van der Waals surface area (Å²) in [4.78, 5) is 30.1. The van der Waals surface area contributed by atoms with Crippen LogP contribution in [-0.4, -0.2) is 17.9 Å². The predicted molar refractivity (Wildman–Crippen MR) is 161 cm³/mol. The van der Waals surface area contributed by atoms with E-state index in [1.807, 2.05) is 0 Å². The first-order valence-electron chi connectivity index (χ1n) is 14.4. The molecule has 0 amide bonds. The third-order valence-electron chi connectivity index (χ3n) is 6.03. The molecule has 10 heteroatoms. The second kappa shape index (κ2) is 20.6. The Kier molecular flexibility index (Phi) is 18.6. The Bertz CT molecular complexity index is 1070. The van der Waals surface area contributed by atoms with Gasteiger partial charge in [0, 0.05) is 51.7 Å². The highest BCUT2D eigenvalue weighted by Gasteiger charge is 2.15. The molecule has 0 fully saturated rings. The maximum absolute atomic E-state index is 9.26. The molecule has 0 radical (unpaired) electrons. The molecule has 43 heavy (non-hydrogen) atoms. The molecule has 3 rings (SSSR count). The van der Waals surface area contributed by atoms with Crippen LogP contribution in [-0.2, 0) is 14.4 Å². The number of quaternary nitrogens is 3. The van der Waals surface area contributed by atoms with Gasteiger partial charge in [-0.05, 0) is 76.4 Å². The van der Waals surface area contributed by atoms with Crippen LogP contribution in [0, 0.1) is 0 Å². The number of carbonyl (C=O) groups is 3. The van der Waals surface area contributed by atoms with Gasteiger partial charge in [0.25, 0.3) is 0 Å². The Hall–Kier alpha value is -4.25. The molecule has 236 valence electrons. The second-order valence-electron chi connectivity index (χ2n) is 9.99. The Balaban J connectivity index is 0.000000973. The molecule has 10 nitrogen and oxygen atoms in total. The van der Waals surface area contributed by atoms with Crippen molar-refractivity contribution in [3.63, 3.8) is 0 Å². The zero-order valence-electron chi connectivity index (χ0n) is 26.3. The summed E-state index contributed by atoms with van der Waals surface area (Å²) in [6.45, 7) is 11.0. The van der Waals surface area contributed by atoms with Crippen LogP contribution >= 0.6 is 0 Å². The van der Waals surface area contributed by atoms with E-state index in [-0.39, 0.29) is 37.4 Å². The molecule has 0 saturated carbocycles. The summed E-state index contributed by atoms with van der Waals surface area (Å²) < 4.78 is 0. The highest BCUT2D eigenvalue weighted by atomic mass is 16.4. The quantitative estimate of drug-likeness (QED) is 0.318. The standard InChI is InChI=1S/C24H30N4.3C3H6O2/c1-16(25)19-4-10-22(11-5-19)28(23-12-6-20(7-13-23)17(2)26)24-14-8-21(9-15-24)18(3)27;3*1-2-3(4)5/h4-18H,25-27H2,1-3H3;3*2H2,1H3,(H,4,5). The number of aliphatic carboxylic acids is 3. The molecule has 3 atom stereocenters. The fourth-order valence-electron chi connectivity index (χ4n) is 3.30. The van der Waals surface area contributed by atoms with E-state index in [4.69, 9.17) is 0 Å². The number of rotatable bonds is 9. The zero-order valence-corrected chi connectivity index (χ0v) is 26.3. The minimum atomic E-state index is -0.995. The summed E-state index contributed by atoms with van der Waals surface area (Å²) in [6, 6.07) is 26.9. The molecule has 9 N–H and O–H groups in total. The van der Waals surface area contributed by atoms with Gasteiger partial charge < -0.3 is 51.8 Å². The molecule has 3 aromatic rings. The lowest BCUT2D eigenvalue weighted by molar-refractivity contribution is -0.420. The van der Waals surface area contributed by atoms with Crippen molar-refractivity contribution in [2.45, 2.75) is 78.9 Å². The molecule has 0 aliphatic heterocycles. The van der Waals surface area contributed by atoms with Gasteiger partial charge in [0.2, 0.25) is 0 Å². The van der Waals surface area contributed by atoms with Crippen LogP contribution in [0.5, 0.6) is 0 Å². The van der Waals surface area contributed by atoms with Crippen LogP contribution in [0.15, 0.2) is 72.8 Å². The highest BCUT2D eigenvalue weighted by Crippen LogP contribution is 2.35. The first kappa shape index (κ1) is 38.8. The van der Waals surface area contributed by atoms with Crippen molar-refractivity contribution in [1.29, 1.82) is 0 Å². The SMILES string of the molecule is CC([NH3+])c1ccc(N(c2ccc(C(C)[NH3+])cc2)c2ccc(C(C)[NH3+])cc2)cc1.CCC(=O)[O-].CCC(=O)[O-].CCC(=O)[O-]. The number of carboxylic acids is 3. The van der Waals surface area contributed by atoms with Crippen LogP contribution < -0.4 is 37.4 Å². The first-order valence-corrected chi connectivity index (χ1v) is 14.4. The Labute approximate surface area is 255 Å². The van der Waals surface area contributed by atoms with Gasteiger partial charge in [-0.2, -0.15) is 0 Å². The molecule has 3 aromatic carbocycles. The summed E-state index contributed by atoms with van der Waals surface area (Å²) in [5.74, 6) is -2.99. The number of carbonyl (C=O) groups excluding carboxylic acids is 3. The van der Waals surface area contributed by atoms with Crippen LogP contribution in [0.25, 0.3) is 0 Å². The average Bonchev–Trinajstić information content (AvgIpc) is 2.99. The van der Waals surface area contributed by atoms with E-state index >= 15 is 0 Å². The molecule has 0 saturated heterocycles. The average molecular weight is 597 g/mol. The Morgan fingerprint density at radius 1 is 0.512 bits per heavy atom. The molecule has 0 bridgehead atoms. The molecular formula is C33H48N4O6. The van der Waals surface area contributed by atoms with Crippen molar-refractivity contribution in [1.82, 2.24) is 0 Å². The van der Waals surface area contributed by atoms with E-state index < -0.39 is 17.9 Å². The Morgan fingerprint density at radius 3 is 0.791 bits per heavy atom. The molecule has 0 spiro atoms. The smallest absolute Gasteiger partial charge is 0.107 e. The van der Waals surface area contributed by atoms with Gasteiger partial charge in [-0.25, -0.2) is 0 Å². The highest BCUT2D eigenvalue weighted by molar-refractivity contribution is 5.76. The lowest BCUT2D eigenvalue weighted by Gasteiger charge is -2.26. The van der Waals surface area contributed by atoms with Gasteiger partial charge in [-0.15, -0.1) is 0 Å². The van der Waals surface area contributed by atoms with Crippen LogP contribution in [0.4, 0.5) is 17.1 Å². The van der Waals surface area contributed by atoms with Crippen molar-refractivity contribution in [2.75, 3.05) is 4.90 Å². The van der Waals surface area contributed by atoms with E-state index in [0.717, 1.165) is 17.1 Å². The molecular weight excluding hydrogens is 548 g/mol. The summed E-state index contributed by atoms with van der Waals surface area (Å²) in [5.41, 5.74) is 19.5. The number of carboxylic acid groups (broad SMARTS) is 3. The topological polar surface area (TPSA) is 207 Å². The fraction of sp³-hybridized carbons (Fsp3) is 0.364. The van der Waals surface area contributed by atoms with E-state index in [0.29, 0.717) is 0 Å². The van der Waals surface area contributed by atoms with Gasteiger partial charge in [0.15, 0.2) is 0 Å². The van der Waals surface area contributed by atoms with E-state index in [9.17, 15) is 29.7 Å². The van der Waals surface area contributed by atoms with E-state index in [2.05, 4.69) is 116 Å². The van der Waals surface area contributed by atoms with Crippen molar-refractivity contribution in [3.8, 4) is 0 Å². The molecule has 0 heterocycles. The molecule has 0 aliphatic rings. The lowest BCUT2D eigenvalue weighted by atomic mass is 10.1. The van der Waals surface area contributed by atoms with Gasteiger partial charge in [-0.1, -0.05) is 57.2 Å². The number of hydrogen-bond donors (Lipinski definition) is 3. The largest absolute Gasteiger partial charge is 0.550 e. The number of benzene rings is 3. The minimum absolute atomic E-state index is 0.111. The lowest BCUT2D eigenvalue weighted by Crippen LogP contribution is -2.51. The zero-order chi connectivity index (χ0) is 33.1. The van der Waals surface area contributed by atoms with Gasteiger partial charge in [0.1, 0.15) is 18.1 Å². The Morgan fingerprint density at radius 2 is 0.674 bits per heavy atom. The third kappa shape index (κ3) is 15.5. The number of hydrogen-bond acceptors (Lipinski definition) is 7. The van der Waals surface area contributed by atoms with Crippen molar-refractivity contribution in [2.24, 2.45) is 0 Å². The van der Waals surface area contributed by atoms with Gasteiger partial charge in [0.05, 0.1) is 0 Å². The van der Waals surface area contributed by atoms with Crippen LogP contribution in [0.3, 0.4) is 0 Å². The minimum Gasteiger partial charge on any atom is -0.550 e. The first-order chi connectivity index (χ1) is 20.2. The second-order valence-corrected chi connectivity index (χ2v) is 9.99. The predicted octanol–water partition coefficient (Wildman–Crippen LogP) is 0.504. The summed E-state index contributed by atoms with van der Waals surface area (Å²) in [5, 5.41) is 27.8. The normalized spacial score (nSPS) is 11.9. The fourth-order valence-corrected chi connectivity index (χ4v) is 3.30. The number of anilines is 3. The number of nitrogens with zero attached hydrogens (tertiary/aromatic N) is 1. The maximum Gasteiger partial charge on any atom is 0.107 e. The molecule has 0 aromatic heterocycles.